The van der Waals surface area contributed by atoms with E-state index in [9.17, 15) is 14.7 Å². The van der Waals surface area contributed by atoms with Gasteiger partial charge in [0.15, 0.2) is 5.76 Å². The summed E-state index contributed by atoms with van der Waals surface area (Å²) in [6, 6.07) is 16.3. The number of hydrogen-bond acceptors (Lipinski definition) is 6. The average molecular weight is 475 g/mol. The molecular formula is C27H26N2O4S. The molecule has 3 aromatic rings. The van der Waals surface area contributed by atoms with Crippen LogP contribution in [0.25, 0.3) is 10.6 Å². The molecule has 0 bridgehead atoms. The van der Waals surface area contributed by atoms with Gasteiger partial charge in [0, 0.05) is 17.2 Å². The lowest BCUT2D eigenvalue weighted by molar-refractivity contribution is -0.131. The minimum absolute atomic E-state index is 0.0303. The fourth-order valence-electron chi connectivity index (χ4n) is 5.05. The van der Waals surface area contributed by atoms with Gasteiger partial charge in [-0.1, -0.05) is 61.4 Å². The van der Waals surface area contributed by atoms with Gasteiger partial charge in [0.25, 0.3) is 5.91 Å². The van der Waals surface area contributed by atoms with E-state index in [4.69, 9.17) is 4.74 Å². The lowest BCUT2D eigenvalue weighted by atomic mass is 9.93. The van der Waals surface area contributed by atoms with Gasteiger partial charge < -0.3 is 14.7 Å². The van der Waals surface area contributed by atoms with Gasteiger partial charge in [-0.3, -0.25) is 9.59 Å². The fourth-order valence-corrected chi connectivity index (χ4v) is 6.07. The molecule has 0 spiro atoms. The molecule has 1 N–H and O–H groups in total. The van der Waals surface area contributed by atoms with Crippen molar-refractivity contribution in [1.82, 2.24) is 9.88 Å². The quantitative estimate of drug-likeness (QED) is 0.467. The Morgan fingerprint density at radius 3 is 2.47 bits per heavy atom. The van der Waals surface area contributed by atoms with Gasteiger partial charge in [-0.25, -0.2) is 4.98 Å². The van der Waals surface area contributed by atoms with Gasteiger partial charge in [-0.2, -0.15) is 0 Å². The molecule has 0 saturated heterocycles. The number of ketones is 1. The van der Waals surface area contributed by atoms with Crippen LogP contribution < -0.4 is 4.74 Å². The summed E-state index contributed by atoms with van der Waals surface area (Å²) in [5.41, 5.74) is 2.31. The van der Waals surface area contributed by atoms with Crippen molar-refractivity contribution in [2.24, 2.45) is 0 Å². The standard InChI is InChI=1S/C27H26N2O4S/c1-16-25(34-26(28-16)17-10-4-3-5-11-17)23(30)21-22(19-14-8-9-15-20(19)33-2)29(27(32)24(21)31)18-12-6-7-13-18/h3-5,8-11,14-15,18,22,31H,6-7,12-13H2,1-2H3. The second-order valence-corrected chi connectivity index (χ2v) is 9.69. The second-order valence-electron chi connectivity index (χ2n) is 8.69. The molecule has 1 aliphatic heterocycles. The lowest BCUT2D eigenvalue weighted by Gasteiger charge is -2.32. The second kappa shape index (κ2) is 9.06. The van der Waals surface area contributed by atoms with Crippen LogP contribution in [0.5, 0.6) is 5.75 Å². The van der Waals surface area contributed by atoms with Crippen molar-refractivity contribution in [3.8, 4) is 16.3 Å². The number of hydrogen-bond donors (Lipinski definition) is 1. The number of ether oxygens (including phenoxy) is 1. The molecule has 34 heavy (non-hydrogen) atoms. The maximum absolute atomic E-state index is 13.9. The first-order chi connectivity index (χ1) is 16.5. The topological polar surface area (TPSA) is 79.7 Å². The molecule has 0 radical (unpaired) electrons. The van der Waals surface area contributed by atoms with Gasteiger partial charge in [-0.05, 0) is 25.8 Å². The van der Waals surface area contributed by atoms with Crippen molar-refractivity contribution in [1.29, 1.82) is 0 Å². The predicted octanol–water partition coefficient (Wildman–Crippen LogP) is 5.65. The van der Waals surface area contributed by atoms with Gasteiger partial charge in [-0.15, -0.1) is 11.3 Å². The Balaban J connectivity index is 1.62. The van der Waals surface area contributed by atoms with Crippen molar-refractivity contribution in [3.63, 3.8) is 0 Å². The highest BCUT2D eigenvalue weighted by Gasteiger charge is 2.48. The number of aryl methyl sites for hydroxylation is 1. The minimum Gasteiger partial charge on any atom is -0.503 e. The maximum Gasteiger partial charge on any atom is 0.290 e. The minimum atomic E-state index is -0.707. The van der Waals surface area contributed by atoms with E-state index in [2.05, 4.69) is 4.98 Å². The summed E-state index contributed by atoms with van der Waals surface area (Å²) in [5, 5.41) is 11.8. The highest BCUT2D eigenvalue weighted by molar-refractivity contribution is 7.17. The highest BCUT2D eigenvalue weighted by Crippen LogP contribution is 2.46. The van der Waals surface area contributed by atoms with Crippen LogP contribution in [-0.4, -0.2) is 39.8 Å². The number of thiazole rings is 1. The van der Waals surface area contributed by atoms with E-state index in [1.165, 1.54) is 11.3 Å². The number of benzene rings is 2. The van der Waals surface area contributed by atoms with Gasteiger partial charge in [0.1, 0.15) is 10.8 Å². The Bertz CT molecular complexity index is 1270. The normalized spacial score (nSPS) is 18.7. The van der Waals surface area contributed by atoms with E-state index >= 15 is 0 Å². The molecule has 7 heteroatoms. The molecule has 1 aromatic heterocycles. The zero-order valence-electron chi connectivity index (χ0n) is 19.2. The number of carbonyl (C=O) groups excluding carboxylic acids is 2. The zero-order chi connectivity index (χ0) is 23.8. The molecule has 2 heterocycles. The number of nitrogens with zero attached hydrogens (tertiary/aromatic N) is 2. The summed E-state index contributed by atoms with van der Waals surface area (Å²) in [7, 11) is 1.57. The SMILES string of the molecule is COc1ccccc1C1C(C(=O)c2sc(-c3ccccc3)nc2C)=C(O)C(=O)N1C1CCCC1. The number of aromatic nitrogens is 1. The third-order valence-electron chi connectivity index (χ3n) is 6.66. The van der Waals surface area contributed by atoms with Gasteiger partial charge >= 0.3 is 0 Å². The Labute approximate surface area is 202 Å². The maximum atomic E-state index is 13.9. The fraction of sp³-hybridized carbons (Fsp3) is 0.296. The average Bonchev–Trinajstić information content (AvgIpc) is 3.58. The Hall–Kier alpha value is -3.45. The molecule has 2 aliphatic rings. The molecule has 6 nitrogen and oxygen atoms in total. The number of methoxy groups -OCH3 is 1. The van der Waals surface area contributed by atoms with E-state index in [1.807, 2.05) is 54.6 Å². The summed E-state index contributed by atoms with van der Waals surface area (Å²) in [5.74, 6) is -0.743. The Kier molecular flexibility index (Phi) is 5.96. The zero-order valence-corrected chi connectivity index (χ0v) is 20.0. The molecule has 5 rings (SSSR count). The smallest absolute Gasteiger partial charge is 0.290 e. The molecular weight excluding hydrogens is 448 g/mol. The van der Waals surface area contributed by atoms with Crippen LogP contribution in [0.3, 0.4) is 0 Å². The third kappa shape index (κ3) is 3.70. The monoisotopic (exact) mass is 474 g/mol. The van der Waals surface area contributed by atoms with E-state index < -0.39 is 17.7 Å². The summed E-state index contributed by atoms with van der Waals surface area (Å²) in [6.45, 7) is 1.79. The molecule has 1 saturated carbocycles. The number of para-hydroxylation sites is 1. The predicted molar refractivity (Wildman–Crippen MR) is 131 cm³/mol. The van der Waals surface area contributed by atoms with Crippen molar-refractivity contribution in [3.05, 3.63) is 82.1 Å². The molecule has 1 aliphatic carbocycles. The van der Waals surface area contributed by atoms with Crippen LogP contribution in [0, 0.1) is 6.92 Å². The summed E-state index contributed by atoms with van der Waals surface area (Å²) >= 11 is 1.28. The Morgan fingerprint density at radius 2 is 1.76 bits per heavy atom. The van der Waals surface area contributed by atoms with Crippen molar-refractivity contribution in [2.45, 2.75) is 44.7 Å². The number of aliphatic hydroxyl groups is 1. The van der Waals surface area contributed by atoms with Crippen molar-refractivity contribution >= 4 is 23.0 Å². The summed E-state index contributed by atoms with van der Waals surface area (Å²) in [6.07, 6.45) is 3.74. The van der Waals surface area contributed by atoms with E-state index in [0.717, 1.165) is 36.3 Å². The molecule has 2 aromatic carbocycles. The van der Waals surface area contributed by atoms with E-state index in [1.54, 1.807) is 18.9 Å². The molecule has 1 atom stereocenters. The first-order valence-electron chi connectivity index (χ1n) is 11.5. The molecule has 1 fully saturated rings. The van der Waals surface area contributed by atoms with Crippen LogP contribution in [0.15, 0.2) is 65.9 Å². The molecule has 1 unspecified atom stereocenters. The van der Waals surface area contributed by atoms with Crippen molar-refractivity contribution in [2.75, 3.05) is 7.11 Å². The van der Waals surface area contributed by atoms with Gasteiger partial charge in [0.2, 0.25) is 5.78 Å². The molecule has 1 amide bonds. The van der Waals surface area contributed by atoms with Crippen LogP contribution in [0.1, 0.15) is 52.7 Å². The molecule has 174 valence electrons. The Morgan fingerprint density at radius 1 is 1.09 bits per heavy atom. The van der Waals surface area contributed by atoms with Crippen LogP contribution in [-0.2, 0) is 4.79 Å². The first-order valence-corrected chi connectivity index (χ1v) is 12.3. The van der Waals surface area contributed by atoms with Gasteiger partial charge in [0.05, 0.1) is 29.3 Å². The lowest BCUT2D eigenvalue weighted by Crippen LogP contribution is -2.38. The van der Waals surface area contributed by atoms with Crippen LogP contribution >= 0.6 is 11.3 Å². The number of rotatable bonds is 6. The largest absolute Gasteiger partial charge is 0.503 e. The third-order valence-corrected chi connectivity index (χ3v) is 7.87. The van der Waals surface area contributed by atoms with Crippen molar-refractivity contribution < 1.29 is 19.4 Å². The van der Waals surface area contributed by atoms with E-state index in [0.29, 0.717) is 21.9 Å². The number of Topliss-reactive ketones (excluding diaryl/α,β-unsaturated/α-hetero) is 1. The first kappa shape index (κ1) is 22.3. The number of aliphatic hydroxyl groups excluding tert-OH is 1. The van der Waals surface area contributed by atoms with Crippen LogP contribution in [0.4, 0.5) is 0 Å². The number of carbonyl (C=O) groups is 2. The summed E-state index contributed by atoms with van der Waals surface area (Å²) < 4.78 is 5.60. The number of amides is 1. The highest BCUT2D eigenvalue weighted by atomic mass is 32.1. The van der Waals surface area contributed by atoms with E-state index in [-0.39, 0.29) is 17.4 Å². The summed E-state index contributed by atoms with van der Waals surface area (Å²) in [4.78, 5) is 34.0. The van der Waals surface area contributed by atoms with Crippen LogP contribution in [0.2, 0.25) is 0 Å².